The van der Waals surface area contributed by atoms with E-state index in [2.05, 4.69) is 33.2 Å². The fraction of sp³-hybridized carbons (Fsp3) is 0.130. The number of hydrogen-bond acceptors (Lipinski definition) is 4. The standard InChI is InChI=1S/C23H19BrN2O3/c1-2-13-28-19-10-5-15(6-11-19)22(27)25-18-9-12-21-20(14-18)26-23(29-21)16-3-7-17(24)8-4-16/h3-12,14H,2,13H2,1H3,(H,25,27). The molecule has 6 heteroatoms. The van der Waals surface area contributed by atoms with Crippen LogP contribution < -0.4 is 10.1 Å². The molecule has 0 bridgehead atoms. The molecule has 1 aromatic heterocycles. The molecule has 0 saturated heterocycles. The number of benzene rings is 3. The number of oxazole rings is 1. The van der Waals surface area contributed by atoms with E-state index >= 15 is 0 Å². The van der Waals surface area contributed by atoms with Crippen LogP contribution in [0.1, 0.15) is 23.7 Å². The number of anilines is 1. The molecule has 146 valence electrons. The van der Waals surface area contributed by atoms with Gasteiger partial charge in [0.15, 0.2) is 5.58 Å². The van der Waals surface area contributed by atoms with Gasteiger partial charge in [0.2, 0.25) is 5.89 Å². The number of hydrogen-bond donors (Lipinski definition) is 1. The number of carbonyl (C=O) groups is 1. The summed E-state index contributed by atoms with van der Waals surface area (Å²) in [6.45, 7) is 2.71. The molecule has 0 unspecified atom stereocenters. The molecule has 1 N–H and O–H groups in total. The Morgan fingerprint density at radius 2 is 1.83 bits per heavy atom. The van der Waals surface area contributed by atoms with Gasteiger partial charge in [-0.1, -0.05) is 22.9 Å². The first-order valence-corrected chi connectivity index (χ1v) is 10.1. The van der Waals surface area contributed by atoms with Gasteiger partial charge in [-0.15, -0.1) is 0 Å². The van der Waals surface area contributed by atoms with E-state index in [1.165, 1.54) is 0 Å². The highest BCUT2D eigenvalue weighted by molar-refractivity contribution is 9.10. The summed E-state index contributed by atoms with van der Waals surface area (Å²) in [6, 6.07) is 20.3. The molecule has 0 aliphatic rings. The Hall–Kier alpha value is -3.12. The fourth-order valence-corrected chi connectivity index (χ4v) is 3.11. The SMILES string of the molecule is CCCOc1ccc(C(=O)Nc2ccc3oc(-c4ccc(Br)cc4)nc3c2)cc1. The average Bonchev–Trinajstić information content (AvgIpc) is 3.16. The van der Waals surface area contributed by atoms with Crippen molar-refractivity contribution >= 4 is 38.6 Å². The Bertz CT molecular complexity index is 1140. The van der Waals surface area contributed by atoms with E-state index in [1.807, 2.05) is 30.3 Å². The third-order valence-electron chi connectivity index (χ3n) is 4.33. The van der Waals surface area contributed by atoms with Crippen molar-refractivity contribution < 1.29 is 13.9 Å². The molecule has 0 saturated carbocycles. The first-order valence-electron chi connectivity index (χ1n) is 9.33. The highest BCUT2D eigenvalue weighted by atomic mass is 79.9. The van der Waals surface area contributed by atoms with Gasteiger partial charge in [-0.05, 0) is 73.2 Å². The molecule has 0 radical (unpaired) electrons. The van der Waals surface area contributed by atoms with Crippen molar-refractivity contribution in [3.8, 4) is 17.2 Å². The van der Waals surface area contributed by atoms with E-state index in [0.717, 1.165) is 22.2 Å². The molecule has 0 fully saturated rings. The van der Waals surface area contributed by atoms with Crippen molar-refractivity contribution in [1.82, 2.24) is 4.98 Å². The quantitative estimate of drug-likeness (QED) is 0.374. The third-order valence-corrected chi connectivity index (χ3v) is 4.85. The van der Waals surface area contributed by atoms with Crippen LogP contribution in [0.4, 0.5) is 5.69 Å². The van der Waals surface area contributed by atoms with E-state index in [1.54, 1.807) is 36.4 Å². The number of carbonyl (C=O) groups excluding carboxylic acids is 1. The van der Waals surface area contributed by atoms with Crippen LogP contribution in [-0.2, 0) is 0 Å². The normalized spacial score (nSPS) is 10.8. The number of aromatic nitrogens is 1. The Morgan fingerprint density at radius 3 is 2.55 bits per heavy atom. The molecule has 3 aromatic carbocycles. The second kappa shape index (κ2) is 8.49. The van der Waals surface area contributed by atoms with Crippen LogP contribution in [-0.4, -0.2) is 17.5 Å². The van der Waals surface area contributed by atoms with Crippen molar-refractivity contribution in [3.63, 3.8) is 0 Å². The number of halogens is 1. The highest BCUT2D eigenvalue weighted by Crippen LogP contribution is 2.27. The van der Waals surface area contributed by atoms with Crippen LogP contribution in [0.2, 0.25) is 0 Å². The molecule has 0 aliphatic heterocycles. The predicted octanol–water partition coefficient (Wildman–Crippen LogP) is 6.30. The van der Waals surface area contributed by atoms with Gasteiger partial charge in [0.1, 0.15) is 11.3 Å². The Kier molecular flexibility index (Phi) is 5.62. The minimum atomic E-state index is -0.192. The Labute approximate surface area is 176 Å². The molecular weight excluding hydrogens is 432 g/mol. The molecule has 0 aliphatic carbocycles. The summed E-state index contributed by atoms with van der Waals surface area (Å²) in [6.07, 6.45) is 0.941. The first kappa shape index (κ1) is 19.2. The largest absolute Gasteiger partial charge is 0.494 e. The Balaban J connectivity index is 1.50. The monoisotopic (exact) mass is 450 g/mol. The first-order chi connectivity index (χ1) is 14.1. The lowest BCUT2D eigenvalue weighted by Gasteiger charge is -2.07. The minimum Gasteiger partial charge on any atom is -0.494 e. The molecule has 4 aromatic rings. The van der Waals surface area contributed by atoms with Crippen molar-refractivity contribution in [2.24, 2.45) is 0 Å². The number of ether oxygens (including phenoxy) is 1. The molecule has 1 heterocycles. The van der Waals surface area contributed by atoms with Gasteiger partial charge in [-0.3, -0.25) is 4.79 Å². The zero-order chi connectivity index (χ0) is 20.2. The summed E-state index contributed by atoms with van der Waals surface area (Å²) in [5.74, 6) is 1.11. The molecule has 5 nitrogen and oxygen atoms in total. The zero-order valence-corrected chi connectivity index (χ0v) is 17.4. The lowest BCUT2D eigenvalue weighted by molar-refractivity contribution is 0.102. The van der Waals surface area contributed by atoms with Crippen LogP contribution in [0, 0.1) is 0 Å². The second-order valence-electron chi connectivity index (χ2n) is 6.54. The van der Waals surface area contributed by atoms with Crippen LogP contribution in [0.3, 0.4) is 0 Å². The molecule has 0 spiro atoms. The van der Waals surface area contributed by atoms with Gasteiger partial charge < -0.3 is 14.5 Å². The summed E-state index contributed by atoms with van der Waals surface area (Å²) in [5.41, 5.74) is 3.46. The van der Waals surface area contributed by atoms with Gasteiger partial charge in [0.25, 0.3) is 5.91 Å². The van der Waals surface area contributed by atoms with Gasteiger partial charge in [0.05, 0.1) is 6.61 Å². The lowest BCUT2D eigenvalue weighted by Crippen LogP contribution is -2.11. The smallest absolute Gasteiger partial charge is 0.255 e. The fourth-order valence-electron chi connectivity index (χ4n) is 2.85. The van der Waals surface area contributed by atoms with Gasteiger partial charge in [0, 0.05) is 21.3 Å². The van der Waals surface area contributed by atoms with Crippen LogP contribution in [0.5, 0.6) is 5.75 Å². The molecule has 29 heavy (non-hydrogen) atoms. The van der Waals surface area contributed by atoms with Crippen LogP contribution in [0.25, 0.3) is 22.6 Å². The van der Waals surface area contributed by atoms with Crippen molar-refractivity contribution in [3.05, 3.63) is 76.8 Å². The van der Waals surface area contributed by atoms with Crippen molar-refractivity contribution in [2.45, 2.75) is 13.3 Å². The van der Waals surface area contributed by atoms with E-state index in [-0.39, 0.29) is 5.91 Å². The highest BCUT2D eigenvalue weighted by Gasteiger charge is 2.11. The molecule has 1 amide bonds. The van der Waals surface area contributed by atoms with Crippen LogP contribution in [0.15, 0.2) is 75.6 Å². The number of fused-ring (bicyclic) bond motifs is 1. The van der Waals surface area contributed by atoms with E-state index in [0.29, 0.717) is 34.8 Å². The predicted molar refractivity (Wildman–Crippen MR) is 117 cm³/mol. The minimum absolute atomic E-state index is 0.192. The van der Waals surface area contributed by atoms with E-state index in [4.69, 9.17) is 9.15 Å². The second-order valence-corrected chi connectivity index (χ2v) is 7.45. The van der Waals surface area contributed by atoms with Crippen LogP contribution >= 0.6 is 15.9 Å². The number of nitrogens with one attached hydrogen (secondary N) is 1. The maximum atomic E-state index is 12.5. The summed E-state index contributed by atoms with van der Waals surface area (Å²) in [5, 5.41) is 2.90. The maximum Gasteiger partial charge on any atom is 0.255 e. The summed E-state index contributed by atoms with van der Waals surface area (Å²) in [7, 11) is 0. The summed E-state index contributed by atoms with van der Waals surface area (Å²) < 4.78 is 12.4. The number of nitrogens with zero attached hydrogens (tertiary/aromatic N) is 1. The third kappa shape index (κ3) is 4.49. The zero-order valence-electron chi connectivity index (χ0n) is 15.8. The molecule has 4 rings (SSSR count). The van der Waals surface area contributed by atoms with E-state index in [9.17, 15) is 4.79 Å². The maximum absolute atomic E-state index is 12.5. The van der Waals surface area contributed by atoms with Gasteiger partial charge >= 0.3 is 0 Å². The number of amides is 1. The lowest BCUT2D eigenvalue weighted by atomic mass is 10.2. The number of rotatable bonds is 6. The molecular formula is C23H19BrN2O3. The van der Waals surface area contributed by atoms with E-state index < -0.39 is 0 Å². The summed E-state index contributed by atoms with van der Waals surface area (Å²) >= 11 is 3.42. The summed E-state index contributed by atoms with van der Waals surface area (Å²) in [4.78, 5) is 17.1. The van der Waals surface area contributed by atoms with Gasteiger partial charge in [-0.25, -0.2) is 4.98 Å². The van der Waals surface area contributed by atoms with Crippen molar-refractivity contribution in [1.29, 1.82) is 0 Å². The topological polar surface area (TPSA) is 64.4 Å². The Morgan fingerprint density at radius 1 is 1.07 bits per heavy atom. The van der Waals surface area contributed by atoms with Crippen molar-refractivity contribution in [2.75, 3.05) is 11.9 Å². The molecule has 0 atom stereocenters. The average molecular weight is 451 g/mol. The van der Waals surface area contributed by atoms with Gasteiger partial charge in [-0.2, -0.15) is 0 Å².